The zero-order valence-corrected chi connectivity index (χ0v) is 12.3. The van der Waals surface area contributed by atoms with Crippen molar-refractivity contribution in [1.82, 2.24) is 5.32 Å². The van der Waals surface area contributed by atoms with Crippen LogP contribution in [0.2, 0.25) is 0 Å². The number of halogens is 1. The molecule has 0 saturated carbocycles. The molecule has 0 aliphatic heterocycles. The van der Waals surface area contributed by atoms with E-state index in [-0.39, 0.29) is 18.3 Å². The lowest BCUT2D eigenvalue weighted by Gasteiger charge is -2.09. The van der Waals surface area contributed by atoms with E-state index in [1.165, 1.54) is 12.1 Å². The van der Waals surface area contributed by atoms with Crippen molar-refractivity contribution in [3.63, 3.8) is 0 Å². The molecule has 0 aliphatic rings. The van der Waals surface area contributed by atoms with E-state index in [2.05, 4.69) is 5.32 Å². The van der Waals surface area contributed by atoms with E-state index in [4.69, 9.17) is 9.47 Å². The van der Waals surface area contributed by atoms with Gasteiger partial charge in [0, 0.05) is 0 Å². The van der Waals surface area contributed by atoms with E-state index >= 15 is 0 Å². The Labute approximate surface area is 128 Å². The summed E-state index contributed by atoms with van der Waals surface area (Å²) in [6.45, 7) is 2.46. The van der Waals surface area contributed by atoms with Gasteiger partial charge in [-0.25, -0.2) is 4.39 Å². The molecule has 0 atom stereocenters. The van der Waals surface area contributed by atoms with Crippen LogP contribution in [0.15, 0.2) is 48.5 Å². The molecule has 4 nitrogen and oxygen atoms in total. The molecule has 0 aromatic heterocycles. The normalized spacial score (nSPS) is 10.1. The van der Waals surface area contributed by atoms with Gasteiger partial charge in [-0.05, 0) is 36.8 Å². The van der Waals surface area contributed by atoms with Gasteiger partial charge in [-0.15, -0.1) is 0 Å². The third kappa shape index (κ3) is 5.09. The summed E-state index contributed by atoms with van der Waals surface area (Å²) in [5.41, 5.74) is 1.11. The smallest absolute Gasteiger partial charge is 0.258 e. The second-order valence-electron chi connectivity index (χ2n) is 4.73. The molecule has 1 amide bonds. The quantitative estimate of drug-likeness (QED) is 0.800. The van der Waals surface area contributed by atoms with Crippen LogP contribution in [-0.4, -0.2) is 25.7 Å². The first kappa shape index (κ1) is 15.8. The van der Waals surface area contributed by atoms with Gasteiger partial charge in [-0.2, -0.15) is 0 Å². The maximum atomic E-state index is 13.3. The van der Waals surface area contributed by atoms with Crippen LogP contribution in [0.3, 0.4) is 0 Å². The van der Waals surface area contributed by atoms with Crippen LogP contribution < -0.4 is 14.8 Å². The first-order valence-electron chi connectivity index (χ1n) is 6.98. The van der Waals surface area contributed by atoms with Crippen LogP contribution in [0, 0.1) is 12.7 Å². The van der Waals surface area contributed by atoms with Gasteiger partial charge in [-0.1, -0.05) is 24.3 Å². The fraction of sp³-hybridized carbons (Fsp3) is 0.235. The molecule has 5 heteroatoms. The van der Waals surface area contributed by atoms with Crippen molar-refractivity contribution in [2.45, 2.75) is 6.92 Å². The zero-order valence-electron chi connectivity index (χ0n) is 12.3. The molecule has 0 heterocycles. The summed E-state index contributed by atoms with van der Waals surface area (Å²) in [4.78, 5) is 11.6. The number of ether oxygens (including phenoxy) is 2. The number of para-hydroxylation sites is 1. The highest BCUT2D eigenvalue weighted by Gasteiger charge is 2.05. The van der Waals surface area contributed by atoms with Crippen molar-refractivity contribution in [1.29, 1.82) is 0 Å². The third-order valence-electron chi connectivity index (χ3n) is 2.88. The summed E-state index contributed by atoms with van der Waals surface area (Å²) in [6, 6.07) is 13.6. The Morgan fingerprint density at radius 2 is 1.95 bits per heavy atom. The van der Waals surface area contributed by atoms with Gasteiger partial charge in [0.1, 0.15) is 12.4 Å². The van der Waals surface area contributed by atoms with E-state index in [1.807, 2.05) is 31.2 Å². The minimum atomic E-state index is -0.488. The first-order chi connectivity index (χ1) is 10.6. The predicted molar refractivity (Wildman–Crippen MR) is 81.6 cm³/mol. The summed E-state index contributed by atoms with van der Waals surface area (Å²) >= 11 is 0. The first-order valence-corrected chi connectivity index (χ1v) is 6.98. The fourth-order valence-electron chi connectivity index (χ4n) is 1.82. The van der Waals surface area contributed by atoms with E-state index < -0.39 is 5.82 Å². The Morgan fingerprint density at radius 3 is 2.73 bits per heavy atom. The van der Waals surface area contributed by atoms with Crippen LogP contribution in [0.25, 0.3) is 0 Å². The van der Waals surface area contributed by atoms with Crippen LogP contribution in [-0.2, 0) is 4.79 Å². The molecule has 0 fully saturated rings. The van der Waals surface area contributed by atoms with Gasteiger partial charge in [0.05, 0.1) is 6.54 Å². The zero-order chi connectivity index (χ0) is 15.8. The Balaban J connectivity index is 1.65. The summed E-state index contributed by atoms with van der Waals surface area (Å²) in [5.74, 6) is 0.0136. The molecular formula is C17H18FNO3. The minimum absolute atomic E-state index is 0.0636. The van der Waals surface area contributed by atoms with Gasteiger partial charge in [-0.3, -0.25) is 4.79 Å². The molecule has 0 bridgehead atoms. The van der Waals surface area contributed by atoms with Crippen molar-refractivity contribution >= 4 is 5.91 Å². The van der Waals surface area contributed by atoms with Crippen molar-refractivity contribution < 1.29 is 18.7 Å². The van der Waals surface area contributed by atoms with Crippen molar-refractivity contribution in [3.05, 3.63) is 59.9 Å². The van der Waals surface area contributed by atoms with E-state index in [1.54, 1.807) is 12.1 Å². The molecule has 2 aromatic rings. The lowest BCUT2D eigenvalue weighted by Crippen LogP contribution is -2.32. The number of carbonyl (C=O) groups excluding carboxylic acids is 1. The number of amides is 1. The van der Waals surface area contributed by atoms with E-state index in [9.17, 15) is 9.18 Å². The molecule has 2 rings (SSSR count). The highest BCUT2D eigenvalue weighted by atomic mass is 19.1. The SMILES string of the molecule is Cc1cccc(OCCNC(=O)COc2ccccc2F)c1. The third-order valence-corrected chi connectivity index (χ3v) is 2.88. The Bertz CT molecular complexity index is 631. The number of carbonyl (C=O) groups is 1. The van der Waals surface area contributed by atoms with Crippen molar-refractivity contribution in [2.24, 2.45) is 0 Å². The van der Waals surface area contributed by atoms with E-state index in [0.29, 0.717) is 13.2 Å². The standard InChI is InChI=1S/C17H18FNO3/c1-13-5-4-6-14(11-13)21-10-9-19-17(20)12-22-16-8-3-2-7-15(16)18/h2-8,11H,9-10,12H2,1H3,(H,19,20). The highest BCUT2D eigenvalue weighted by molar-refractivity contribution is 5.77. The molecule has 22 heavy (non-hydrogen) atoms. The van der Waals surface area contributed by atoms with Gasteiger partial charge >= 0.3 is 0 Å². The molecule has 1 N–H and O–H groups in total. The Kier molecular flexibility index (Phi) is 5.77. The predicted octanol–water partition coefficient (Wildman–Crippen LogP) is 2.71. The van der Waals surface area contributed by atoms with Crippen molar-refractivity contribution in [3.8, 4) is 11.5 Å². The molecule has 0 aliphatic carbocycles. The van der Waals surface area contributed by atoms with Crippen LogP contribution in [0.5, 0.6) is 11.5 Å². The van der Waals surface area contributed by atoms with Gasteiger partial charge in [0.15, 0.2) is 18.2 Å². The molecule has 0 radical (unpaired) electrons. The van der Waals surface area contributed by atoms with Gasteiger partial charge < -0.3 is 14.8 Å². The molecule has 0 unspecified atom stereocenters. The highest BCUT2D eigenvalue weighted by Crippen LogP contribution is 2.15. The molecule has 0 saturated heterocycles. The van der Waals surface area contributed by atoms with Gasteiger partial charge in [0.2, 0.25) is 0 Å². The minimum Gasteiger partial charge on any atom is -0.492 e. The van der Waals surface area contributed by atoms with Crippen molar-refractivity contribution in [2.75, 3.05) is 19.8 Å². The number of hydrogen-bond acceptors (Lipinski definition) is 3. The molecule has 0 spiro atoms. The maximum absolute atomic E-state index is 13.3. The number of aryl methyl sites for hydroxylation is 1. The molecular weight excluding hydrogens is 285 g/mol. The topological polar surface area (TPSA) is 47.6 Å². The monoisotopic (exact) mass is 303 g/mol. The second kappa shape index (κ2) is 8.02. The maximum Gasteiger partial charge on any atom is 0.258 e. The van der Waals surface area contributed by atoms with Crippen LogP contribution >= 0.6 is 0 Å². The summed E-state index contributed by atoms with van der Waals surface area (Å²) < 4.78 is 23.9. The average Bonchev–Trinajstić information content (AvgIpc) is 2.51. The molecule has 2 aromatic carbocycles. The Hall–Kier alpha value is -2.56. The number of benzene rings is 2. The number of rotatable bonds is 7. The van der Waals surface area contributed by atoms with E-state index in [0.717, 1.165) is 11.3 Å². The van der Waals surface area contributed by atoms with Gasteiger partial charge in [0.25, 0.3) is 5.91 Å². The number of nitrogens with one attached hydrogen (secondary N) is 1. The summed E-state index contributed by atoms with van der Waals surface area (Å²) in [6.07, 6.45) is 0. The number of hydrogen-bond donors (Lipinski definition) is 1. The average molecular weight is 303 g/mol. The largest absolute Gasteiger partial charge is 0.492 e. The Morgan fingerprint density at radius 1 is 1.14 bits per heavy atom. The lowest BCUT2D eigenvalue weighted by molar-refractivity contribution is -0.123. The summed E-state index contributed by atoms with van der Waals surface area (Å²) in [7, 11) is 0. The molecule has 116 valence electrons. The lowest BCUT2D eigenvalue weighted by atomic mass is 10.2. The second-order valence-corrected chi connectivity index (χ2v) is 4.73. The van der Waals surface area contributed by atoms with Crippen LogP contribution in [0.4, 0.5) is 4.39 Å². The van der Waals surface area contributed by atoms with Crippen LogP contribution in [0.1, 0.15) is 5.56 Å². The fourth-order valence-corrected chi connectivity index (χ4v) is 1.82. The summed E-state index contributed by atoms with van der Waals surface area (Å²) in [5, 5.41) is 2.65.